The molecule has 0 atom stereocenters. The molecule has 0 heterocycles. The molecule has 0 aromatic rings. The highest BCUT2D eigenvalue weighted by molar-refractivity contribution is 5.91. The Hall–Kier alpha value is -0.830. The van der Waals surface area contributed by atoms with Gasteiger partial charge in [0.15, 0.2) is 0 Å². The average molecular weight is 144 g/mol. The standard InChI is InChI=1S/C5H9NO.C2H7N/c1-3-4(2)5(6)7;1-3-2/h2-3H2,1H3,(H2,6,7);3H,1-2H3. The van der Waals surface area contributed by atoms with E-state index in [2.05, 4.69) is 11.9 Å². The van der Waals surface area contributed by atoms with Crippen LogP contribution >= 0.6 is 0 Å². The Morgan fingerprint density at radius 3 is 1.90 bits per heavy atom. The number of rotatable bonds is 2. The van der Waals surface area contributed by atoms with Gasteiger partial charge in [0.25, 0.3) is 0 Å². The summed E-state index contributed by atoms with van der Waals surface area (Å²) >= 11 is 0. The largest absolute Gasteiger partial charge is 0.366 e. The smallest absolute Gasteiger partial charge is 0.244 e. The summed E-state index contributed by atoms with van der Waals surface area (Å²) in [6.07, 6.45) is 0.648. The minimum atomic E-state index is -0.400. The zero-order valence-corrected chi connectivity index (χ0v) is 6.90. The van der Waals surface area contributed by atoms with Gasteiger partial charge in [0, 0.05) is 5.57 Å². The van der Waals surface area contributed by atoms with E-state index in [9.17, 15) is 4.79 Å². The first kappa shape index (κ1) is 11.9. The molecular weight excluding hydrogens is 128 g/mol. The monoisotopic (exact) mass is 144 g/mol. The molecule has 3 N–H and O–H groups in total. The Morgan fingerprint density at radius 1 is 1.60 bits per heavy atom. The van der Waals surface area contributed by atoms with E-state index < -0.39 is 5.91 Å². The molecule has 0 aliphatic carbocycles. The molecule has 0 spiro atoms. The summed E-state index contributed by atoms with van der Waals surface area (Å²) in [6, 6.07) is 0. The van der Waals surface area contributed by atoms with Crippen molar-refractivity contribution < 1.29 is 4.79 Å². The fraction of sp³-hybridized carbons (Fsp3) is 0.571. The van der Waals surface area contributed by atoms with Gasteiger partial charge in [-0.25, -0.2) is 0 Å². The maximum atomic E-state index is 10.1. The summed E-state index contributed by atoms with van der Waals surface area (Å²) < 4.78 is 0. The molecule has 0 aromatic heterocycles. The number of carbonyl (C=O) groups is 1. The second kappa shape index (κ2) is 8.17. The molecule has 0 aliphatic heterocycles. The topological polar surface area (TPSA) is 55.1 Å². The van der Waals surface area contributed by atoms with E-state index in [0.29, 0.717) is 12.0 Å². The van der Waals surface area contributed by atoms with Crippen LogP contribution in [0.25, 0.3) is 0 Å². The van der Waals surface area contributed by atoms with Crippen LogP contribution < -0.4 is 11.1 Å². The summed E-state index contributed by atoms with van der Waals surface area (Å²) in [5, 5.41) is 2.75. The lowest BCUT2D eigenvalue weighted by molar-refractivity contribution is -0.114. The summed E-state index contributed by atoms with van der Waals surface area (Å²) in [4.78, 5) is 10.1. The molecule has 3 heteroatoms. The fourth-order valence-electron chi connectivity index (χ4n) is 0.174. The van der Waals surface area contributed by atoms with Gasteiger partial charge in [-0.3, -0.25) is 4.79 Å². The van der Waals surface area contributed by atoms with Gasteiger partial charge in [-0.1, -0.05) is 13.5 Å². The third-order valence-corrected chi connectivity index (χ3v) is 0.775. The van der Waals surface area contributed by atoms with E-state index in [1.54, 1.807) is 0 Å². The second-order valence-electron chi connectivity index (χ2n) is 1.82. The van der Waals surface area contributed by atoms with Crippen molar-refractivity contribution in [3.63, 3.8) is 0 Å². The zero-order chi connectivity index (χ0) is 8.57. The van der Waals surface area contributed by atoms with Crippen molar-refractivity contribution >= 4 is 5.91 Å². The summed E-state index contributed by atoms with van der Waals surface area (Å²) in [5.41, 5.74) is 5.29. The van der Waals surface area contributed by atoms with Crippen molar-refractivity contribution in [2.45, 2.75) is 13.3 Å². The Balaban J connectivity index is 0. The van der Waals surface area contributed by atoms with Crippen molar-refractivity contribution in [3.05, 3.63) is 12.2 Å². The Labute approximate surface area is 62.3 Å². The fourth-order valence-corrected chi connectivity index (χ4v) is 0.174. The molecule has 0 bridgehead atoms. The lowest BCUT2D eigenvalue weighted by Gasteiger charge is -1.89. The lowest BCUT2D eigenvalue weighted by atomic mass is 10.2. The van der Waals surface area contributed by atoms with E-state index in [-0.39, 0.29) is 0 Å². The van der Waals surface area contributed by atoms with Gasteiger partial charge in [0.2, 0.25) is 5.91 Å². The molecule has 0 radical (unpaired) electrons. The van der Waals surface area contributed by atoms with Crippen LogP contribution in [0.15, 0.2) is 12.2 Å². The minimum Gasteiger partial charge on any atom is -0.366 e. The van der Waals surface area contributed by atoms with Crippen molar-refractivity contribution in [2.75, 3.05) is 14.1 Å². The highest BCUT2D eigenvalue weighted by Crippen LogP contribution is 1.91. The van der Waals surface area contributed by atoms with Crippen molar-refractivity contribution in [1.82, 2.24) is 5.32 Å². The molecule has 60 valence electrons. The molecule has 0 saturated carbocycles. The quantitative estimate of drug-likeness (QED) is 0.547. The van der Waals surface area contributed by atoms with Gasteiger partial charge < -0.3 is 11.1 Å². The predicted octanol–water partition coefficient (Wildman–Crippen LogP) is 0.273. The molecule has 0 aliphatic rings. The summed E-state index contributed by atoms with van der Waals surface area (Å²) in [5.74, 6) is -0.400. The highest BCUT2D eigenvalue weighted by atomic mass is 16.1. The van der Waals surface area contributed by atoms with Gasteiger partial charge >= 0.3 is 0 Å². The second-order valence-corrected chi connectivity index (χ2v) is 1.82. The first-order valence-electron chi connectivity index (χ1n) is 3.16. The first-order chi connectivity index (χ1) is 4.59. The molecule has 0 unspecified atom stereocenters. The van der Waals surface area contributed by atoms with Crippen molar-refractivity contribution in [3.8, 4) is 0 Å². The maximum Gasteiger partial charge on any atom is 0.244 e. The van der Waals surface area contributed by atoms with E-state index in [0.717, 1.165) is 0 Å². The van der Waals surface area contributed by atoms with Gasteiger partial charge in [-0.15, -0.1) is 0 Å². The van der Waals surface area contributed by atoms with E-state index in [4.69, 9.17) is 5.73 Å². The van der Waals surface area contributed by atoms with Gasteiger partial charge in [0.05, 0.1) is 0 Å². The van der Waals surface area contributed by atoms with Crippen LogP contribution in [0.4, 0.5) is 0 Å². The van der Waals surface area contributed by atoms with Crippen LogP contribution in [-0.4, -0.2) is 20.0 Å². The molecule has 1 amide bonds. The lowest BCUT2D eigenvalue weighted by Crippen LogP contribution is -2.11. The molecule has 0 saturated heterocycles. The zero-order valence-electron chi connectivity index (χ0n) is 6.90. The third kappa shape index (κ3) is 10.2. The summed E-state index contributed by atoms with van der Waals surface area (Å²) in [6.45, 7) is 5.24. The Morgan fingerprint density at radius 2 is 1.90 bits per heavy atom. The van der Waals surface area contributed by atoms with E-state index in [1.807, 2.05) is 21.0 Å². The number of nitrogens with one attached hydrogen (secondary N) is 1. The number of hydrogen-bond donors (Lipinski definition) is 2. The predicted molar refractivity (Wildman–Crippen MR) is 43.6 cm³/mol. The molecular formula is C7H16N2O. The van der Waals surface area contributed by atoms with Crippen LogP contribution in [0.1, 0.15) is 13.3 Å². The van der Waals surface area contributed by atoms with Crippen LogP contribution in [0.5, 0.6) is 0 Å². The van der Waals surface area contributed by atoms with Crippen LogP contribution in [0.2, 0.25) is 0 Å². The number of amides is 1. The van der Waals surface area contributed by atoms with Gasteiger partial charge in [-0.05, 0) is 20.5 Å². The molecule has 10 heavy (non-hydrogen) atoms. The minimum absolute atomic E-state index is 0.400. The van der Waals surface area contributed by atoms with Gasteiger partial charge in [-0.2, -0.15) is 0 Å². The molecule has 3 nitrogen and oxygen atoms in total. The van der Waals surface area contributed by atoms with Crippen molar-refractivity contribution in [1.29, 1.82) is 0 Å². The number of primary amides is 1. The normalized spacial score (nSPS) is 7.50. The summed E-state index contributed by atoms with van der Waals surface area (Å²) in [7, 11) is 3.75. The van der Waals surface area contributed by atoms with Crippen LogP contribution in [0.3, 0.4) is 0 Å². The van der Waals surface area contributed by atoms with E-state index in [1.165, 1.54) is 0 Å². The average Bonchev–Trinajstić information content (AvgIpc) is 1.88. The molecule has 0 rings (SSSR count). The van der Waals surface area contributed by atoms with Crippen LogP contribution in [-0.2, 0) is 4.79 Å². The SMILES string of the molecule is C=C(CC)C(N)=O.CNC. The number of hydrogen-bond acceptors (Lipinski definition) is 2. The Bertz CT molecular complexity index is 110. The molecule has 0 aromatic carbocycles. The third-order valence-electron chi connectivity index (χ3n) is 0.775. The van der Waals surface area contributed by atoms with Crippen LogP contribution in [0, 0.1) is 0 Å². The maximum absolute atomic E-state index is 10.1. The Kier molecular flexibility index (Phi) is 9.73. The highest BCUT2D eigenvalue weighted by Gasteiger charge is 1.93. The van der Waals surface area contributed by atoms with Gasteiger partial charge in [0.1, 0.15) is 0 Å². The molecule has 0 fully saturated rings. The first-order valence-corrected chi connectivity index (χ1v) is 3.16. The number of nitrogens with two attached hydrogens (primary N) is 1. The van der Waals surface area contributed by atoms with E-state index >= 15 is 0 Å². The number of carbonyl (C=O) groups excluding carboxylic acids is 1. The van der Waals surface area contributed by atoms with Crippen molar-refractivity contribution in [2.24, 2.45) is 5.73 Å².